The largest absolute Gasteiger partial charge is 0.497 e. The van der Waals surface area contributed by atoms with Gasteiger partial charge in [0.2, 0.25) is 5.91 Å². The van der Waals surface area contributed by atoms with Crippen LogP contribution in [0.4, 0.5) is 5.69 Å². The van der Waals surface area contributed by atoms with Crippen molar-refractivity contribution < 1.29 is 13.9 Å². The summed E-state index contributed by atoms with van der Waals surface area (Å²) in [6.07, 6.45) is 4.55. The Morgan fingerprint density at radius 2 is 1.96 bits per heavy atom. The number of hydrogen-bond donors (Lipinski definition) is 1. The SMILES string of the molecule is COc1ccc(N2CCC(NC(=O)[C@H]3C[C@H]3c3ccco3)CC2)cc1. The summed E-state index contributed by atoms with van der Waals surface area (Å²) < 4.78 is 10.6. The predicted molar refractivity (Wildman–Crippen MR) is 95.9 cm³/mol. The highest BCUT2D eigenvalue weighted by Crippen LogP contribution is 2.47. The van der Waals surface area contributed by atoms with E-state index >= 15 is 0 Å². The summed E-state index contributed by atoms with van der Waals surface area (Å²) in [5, 5.41) is 3.24. The molecule has 1 saturated carbocycles. The Bertz CT molecular complexity index is 703. The summed E-state index contributed by atoms with van der Waals surface area (Å²) in [5.41, 5.74) is 1.21. The molecule has 2 heterocycles. The molecule has 5 heteroatoms. The molecule has 1 N–H and O–H groups in total. The fraction of sp³-hybridized carbons (Fsp3) is 0.450. The van der Waals surface area contributed by atoms with E-state index in [1.807, 2.05) is 24.3 Å². The number of furan rings is 1. The number of amides is 1. The summed E-state index contributed by atoms with van der Waals surface area (Å²) in [5.74, 6) is 2.36. The summed E-state index contributed by atoms with van der Waals surface area (Å²) >= 11 is 0. The monoisotopic (exact) mass is 340 g/mol. The number of rotatable bonds is 5. The number of anilines is 1. The highest BCUT2D eigenvalue weighted by atomic mass is 16.5. The Morgan fingerprint density at radius 3 is 2.60 bits per heavy atom. The van der Waals surface area contributed by atoms with Crippen LogP contribution in [0.5, 0.6) is 5.75 Å². The van der Waals surface area contributed by atoms with Crippen LogP contribution in [-0.4, -0.2) is 32.1 Å². The molecule has 2 aliphatic rings. The van der Waals surface area contributed by atoms with E-state index in [1.54, 1.807) is 13.4 Å². The van der Waals surface area contributed by atoms with Crippen LogP contribution in [0, 0.1) is 5.92 Å². The Hall–Kier alpha value is -2.43. The van der Waals surface area contributed by atoms with E-state index in [4.69, 9.17) is 9.15 Å². The molecular formula is C20H24N2O3. The third kappa shape index (κ3) is 3.50. The lowest BCUT2D eigenvalue weighted by Gasteiger charge is -2.34. The standard InChI is InChI=1S/C20H24N2O3/c1-24-16-6-4-15(5-7-16)22-10-8-14(9-11-22)21-20(23)18-13-17(18)19-3-2-12-25-19/h2-7,12,14,17-18H,8-11,13H2,1H3,(H,21,23)/t17-,18+/m1/s1. The summed E-state index contributed by atoms with van der Waals surface area (Å²) in [6.45, 7) is 1.92. The third-order valence-electron chi connectivity index (χ3n) is 5.31. The molecule has 4 rings (SSSR count). The molecule has 2 aromatic rings. The Kier molecular flexibility index (Phi) is 4.38. The molecule has 25 heavy (non-hydrogen) atoms. The van der Waals surface area contributed by atoms with E-state index in [-0.39, 0.29) is 23.8 Å². The minimum absolute atomic E-state index is 0.0887. The van der Waals surface area contributed by atoms with Gasteiger partial charge in [0.1, 0.15) is 11.5 Å². The van der Waals surface area contributed by atoms with Crippen molar-refractivity contribution in [2.24, 2.45) is 5.92 Å². The number of ether oxygens (including phenoxy) is 1. The normalized spacial score (nSPS) is 23.3. The number of benzene rings is 1. The predicted octanol–water partition coefficient (Wildman–Crippen LogP) is 3.18. The summed E-state index contributed by atoms with van der Waals surface area (Å²) in [4.78, 5) is 14.8. The van der Waals surface area contributed by atoms with Gasteiger partial charge in [-0.05, 0) is 55.7 Å². The van der Waals surface area contributed by atoms with Crippen molar-refractivity contribution in [2.75, 3.05) is 25.1 Å². The maximum absolute atomic E-state index is 12.4. The summed E-state index contributed by atoms with van der Waals surface area (Å²) in [7, 11) is 1.68. The average Bonchev–Trinajstić information content (AvgIpc) is 3.28. The van der Waals surface area contributed by atoms with Crippen molar-refractivity contribution >= 4 is 11.6 Å². The first-order valence-electron chi connectivity index (χ1n) is 8.97. The van der Waals surface area contributed by atoms with Crippen LogP contribution in [0.25, 0.3) is 0 Å². The van der Waals surface area contributed by atoms with Crippen molar-refractivity contribution in [3.63, 3.8) is 0 Å². The molecule has 2 atom stereocenters. The number of nitrogens with one attached hydrogen (secondary N) is 1. The van der Waals surface area contributed by atoms with E-state index in [0.717, 1.165) is 43.9 Å². The van der Waals surface area contributed by atoms with Gasteiger partial charge >= 0.3 is 0 Å². The molecule has 1 saturated heterocycles. The molecule has 5 nitrogen and oxygen atoms in total. The molecule has 1 aliphatic carbocycles. The van der Waals surface area contributed by atoms with Crippen molar-refractivity contribution in [2.45, 2.75) is 31.2 Å². The lowest BCUT2D eigenvalue weighted by molar-refractivity contribution is -0.123. The highest BCUT2D eigenvalue weighted by Gasteiger charge is 2.46. The molecular weight excluding hydrogens is 316 g/mol. The van der Waals surface area contributed by atoms with Crippen molar-refractivity contribution in [3.05, 3.63) is 48.4 Å². The molecule has 1 aliphatic heterocycles. The molecule has 2 fully saturated rings. The van der Waals surface area contributed by atoms with Crippen LogP contribution in [0.1, 0.15) is 30.9 Å². The molecule has 0 unspecified atom stereocenters. The first-order valence-corrected chi connectivity index (χ1v) is 8.97. The zero-order valence-corrected chi connectivity index (χ0v) is 14.5. The molecule has 0 radical (unpaired) electrons. The van der Waals surface area contributed by atoms with Gasteiger partial charge in [-0.3, -0.25) is 4.79 Å². The number of piperidine rings is 1. The van der Waals surface area contributed by atoms with E-state index < -0.39 is 0 Å². The van der Waals surface area contributed by atoms with Gasteiger partial charge in [0.15, 0.2) is 0 Å². The fourth-order valence-electron chi connectivity index (χ4n) is 3.68. The van der Waals surface area contributed by atoms with Crippen molar-refractivity contribution in [3.8, 4) is 5.75 Å². The fourth-order valence-corrected chi connectivity index (χ4v) is 3.68. The van der Waals surface area contributed by atoms with Gasteiger partial charge in [-0.2, -0.15) is 0 Å². The van der Waals surface area contributed by atoms with E-state index in [0.29, 0.717) is 0 Å². The number of methoxy groups -OCH3 is 1. The highest BCUT2D eigenvalue weighted by molar-refractivity contribution is 5.83. The van der Waals surface area contributed by atoms with Crippen LogP contribution in [0.15, 0.2) is 47.1 Å². The second kappa shape index (κ2) is 6.82. The topological polar surface area (TPSA) is 54.7 Å². The van der Waals surface area contributed by atoms with E-state index in [1.165, 1.54) is 5.69 Å². The minimum Gasteiger partial charge on any atom is -0.497 e. The van der Waals surface area contributed by atoms with Gasteiger partial charge in [0, 0.05) is 36.7 Å². The van der Waals surface area contributed by atoms with Gasteiger partial charge < -0.3 is 19.4 Å². The molecule has 1 aromatic heterocycles. The van der Waals surface area contributed by atoms with Crippen LogP contribution in [0.2, 0.25) is 0 Å². The van der Waals surface area contributed by atoms with Crippen LogP contribution in [-0.2, 0) is 4.79 Å². The number of nitrogens with zero attached hydrogens (tertiary/aromatic N) is 1. The average molecular weight is 340 g/mol. The second-order valence-corrected chi connectivity index (χ2v) is 6.93. The van der Waals surface area contributed by atoms with E-state index in [9.17, 15) is 4.79 Å². The first-order chi connectivity index (χ1) is 12.2. The van der Waals surface area contributed by atoms with Crippen molar-refractivity contribution in [1.29, 1.82) is 0 Å². The van der Waals surface area contributed by atoms with Crippen LogP contribution < -0.4 is 15.0 Å². The Labute approximate surface area is 148 Å². The van der Waals surface area contributed by atoms with Gasteiger partial charge in [-0.1, -0.05) is 0 Å². The lowest BCUT2D eigenvalue weighted by Crippen LogP contribution is -2.45. The smallest absolute Gasteiger partial charge is 0.224 e. The van der Waals surface area contributed by atoms with Gasteiger partial charge in [0.05, 0.1) is 13.4 Å². The molecule has 0 bridgehead atoms. The van der Waals surface area contributed by atoms with Crippen LogP contribution >= 0.6 is 0 Å². The minimum atomic E-state index is 0.0887. The Balaban J connectivity index is 1.25. The van der Waals surface area contributed by atoms with Gasteiger partial charge in [-0.25, -0.2) is 0 Å². The lowest BCUT2D eigenvalue weighted by atomic mass is 10.0. The van der Waals surface area contributed by atoms with E-state index in [2.05, 4.69) is 22.3 Å². The van der Waals surface area contributed by atoms with Gasteiger partial charge in [-0.15, -0.1) is 0 Å². The third-order valence-corrected chi connectivity index (χ3v) is 5.31. The molecule has 1 aromatic carbocycles. The number of carbonyl (C=O) groups is 1. The first kappa shape index (κ1) is 16.1. The molecule has 1 amide bonds. The van der Waals surface area contributed by atoms with Gasteiger partial charge in [0.25, 0.3) is 0 Å². The zero-order chi connectivity index (χ0) is 17.2. The quantitative estimate of drug-likeness (QED) is 0.908. The molecule has 0 spiro atoms. The Morgan fingerprint density at radius 1 is 1.20 bits per heavy atom. The zero-order valence-electron chi connectivity index (χ0n) is 14.5. The summed E-state index contributed by atoms with van der Waals surface area (Å²) in [6, 6.07) is 12.3. The maximum Gasteiger partial charge on any atom is 0.224 e. The van der Waals surface area contributed by atoms with Crippen LogP contribution in [0.3, 0.4) is 0 Å². The maximum atomic E-state index is 12.4. The van der Waals surface area contributed by atoms with Crippen molar-refractivity contribution in [1.82, 2.24) is 5.32 Å². The number of carbonyl (C=O) groups excluding carboxylic acids is 1. The molecule has 132 valence electrons. The number of hydrogen-bond acceptors (Lipinski definition) is 4. The second-order valence-electron chi connectivity index (χ2n) is 6.93.